The van der Waals surface area contributed by atoms with Gasteiger partial charge in [-0.1, -0.05) is 19.4 Å². The summed E-state index contributed by atoms with van der Waals surface area (Å²) in [5, 5.41) is 5.01. The van der Waals surface area contributed by atoms with E-state index in [9.17, 15) is 9.59 Å². The van der Waals surface area contributed by atoms with Gasteiger partial charge in [0.25, 0.3) is 0 Å². The van der Waals surface area contributed by atoms with Crippen LogP contribution in [0.1, 0.15) is 57.2 Å². The lowest BCUT2D eigenvalue weighted by Crippen LogP contribution is -2.57. The number of rotatable bonds is 5. The standard InChI is InChI=1S/C19H28N2O3S/c1-3-14(2)20-18(23)16-13-24-19(9-5-4-6-10-19)21(16)17(22)12-15-8-7-11-25-15/h7-8,11,14,16H,3-6,9-10,12-13H2,1-2H3,(H,20,23)/t14-,16-/m1/s1. The van der Waals surface area contributed by atoms with Crippen molar-refractivity contribution in [2.24, 2.45) is 0 Å². The maximum Gasteiger partial charge on any atom is 0.245 e. The molecule has 1 spiro atoms. The highest BCUT2D eigenvalue weighted by molar-refractivity contribution is 7.10. The fraction of sp³-hybridized carbons (Fsp3) is 0.684. The van der Waals surface area contributed by atoms with Crippen LogP contribution in [0.2, 0.25) is 0 Å². The van der Waals surface area contributed by atoms with E-state index in [0.29, 0.717) is 13.0 Å². The number of amides is 2. The van der Waals surface area contributed by atoms with Gasteiger partial charge < -0.3 is 10.1 Å². The van der Waals surface area contributed by atoms with Crippen molar-refractivity contribution < 1.29 is 14.3 Å². The monoisotopic (exact) mass is 364 g/mol. The smallest absolute Gasteiger partial charge is 0.245 e. The molecule has 0 unspecified atom stereocenters. The molecule has 6 heteroatoms. The summed E-state index contributed by atoms with van der Waals surface area (Å²) in [7, 11) is 0. The first-order valence-electron chi connectivity index (χ1n) is 9.34. The zero-order valence-electron chi connectivity index (χ0n) is 15.1. The van der Waals surface area contributed by atoms with Crippen LogP contribution < -0.4 is 5.32 Å². The molecule has 25 heavy (non-hydrogen) atoms. The van der Waals surface area contributed by atoms with E-state index < -0.39 is 11.8 Å². The van der Waals surface area contributed by atoms with Crippen LogP contribution in [-0.4, -0.2) is 41.1 Å². The highest BCUT2D eigenvalue weighted by Crippen LogP contribution is 2.41. The number of nitrogens with zero attached hydrogens (tertiary/aromatic N) is 1. The van der Waals surface area contributed by atoms with Crippen LogP contribution in [0.4, 0.5) is 0 Å². The zero-order chi connectivity index (χ0) is 17.9. The average Bonchev–Trinajstić information content (AvgIpc) is 3.23. The third-order valence-corrected chi connectivity index (χ3v) is 6.25. The van der Waals surface area contributed by atoms with Gasteiger partial charge in [0.15, 0.2) is 0 Å². The summed E-state index contributed by atoms with van der Waals surface area (Å²) in [6.07, 6.45) is 6.13. The molecule has 1 aliphatic carbocycles. The number of thiophene rings is 1. The molecule has 1 aliphatic heterocycles. The average molecular weight is 365 g/mol. The predicted octanol–water partition coefficient (Wildman–Crippen LogP) is 3.09. The van der Waals surface area contributed by atoms with Crippen molar-refractivity contribution in [3.63, 3.8) is 0 Å². The molecule has 0 radical (unpaired) electrons. The second-order valence-electron chi connectivity index (χ2n) is 7.17. The molecule has 1 N–H and O–H groups in total. The van der Waals surface area contributed by atoms with E-state index in [2.05, 4.69) is 5.32 Å². The lowest BCUT2D eigenvalue weighted by molar-refractivity contribution is -0.159. The summed E-state index contributed by atoms with van der Waals surface area (Å²) in [6.45, 7) is 4.33. The number of hydrogen-bond donors (Lipinski definition) is 1. The molecular weight excluding hydrogens is 336 g/mol. The number of hydrogen-bond acceptors (Lipinski definition) is 4. The fourth-order valence-electron chi connectivity index (χ4n) is 3.83. The summed E-state index contributed by atoms with van der Waals surface area (Å²) in [5.74, 6) is -0.0810. The van der Waals surface area contributed by atoms with Crippen LogP contribution >= 0.6 is 11.3 Å². The van der Waals surface area contributed by atoms with E-state index in [1.54, 1.807) is 16.2 Å². The number of carbonyl (C=O) groups is 2. The van der Waals surface area contributed by atoms with Crippen molar-refractivity contribution in [2.45, 2.75) is 76.6 Å². The summed E-state index contributed by atoms with van der Waals surface area (Å²) in [6, 6.07) is 3.52. The van der Waals surface area contributed by atoms with Crippen molar-refractivity contribution in [2.75, 3.05) is 6.61 Å². The minimum Gasteiger partial charge on any atom is -0.353 e. The van der Waals surface area contributed by atoms with Crippen molar-refractivity contribution in [1.29, 1.82) is 0 Å². The van der Waals surface area contributed by atoms with E-state index in [1.807, 2.05) is 31.4 Å². The number of ether oxygens (including phenoxy) is 1. The molecular formula is C19H28N2O3S. The van der Waals surface area contributed by atoms with E-state index in [1.165, 1.54) is 6.42 Å². The number of carbonyl (C=O) groups excluding carboxylic acids is 2. The van der Waals surface area contributed by atoms with E-state index >= 15 is 0 Å². The van der Waals surface area contributed by atoms with Gasteiger partial charge >= 0.3 is 0 Å². The summed E-state index contributed by atoms with van der Waals surface area (Å²) in [5.41, 5.74) is -0.579. The van der Waals surface area contributed by atoms with Gasteiger partial charge in [-0.05, 0) is 50.5 Å². The first-order chi connectivity index (χ1) is 12.1. The minimum absolute atomic E-state index is 0.00570. The van der Waals surface area contributed by atoms with Gasteiger partial charge in [0.2, 0.25) is 11.8 Å². The molecule has 0 bridgehead atoms. The zero-order valence-corrected chi connectivity index (χ0v) is 15.9. The van der Waals surface area contributed by atoms with Gasteiger partial charge in [-0.3, -0.25) is 14.5 Å². The fourth-order valence-corrected chi connectivity index (χ4v) is 4.53. The molecule has 3 rings (SSSR count). The molecule has 2 amide bonds. The minimum atomic E-state index is -0.579. The maximum atomic E-state index is 13.1. The Labute approximate surface area is 153 Å². The van der Waals surface area contributed by atoms with Gasteiger partial charge in [-0.15, -0.1) is 11.3 Å². The van der Waals surface area contributed by atoms with Gasteiger partial charge in [-0.25, -0.2) is 0 Å². The third kappa shape index (κ3) is 3.90. The largest absolute Gasteiger partial charge is 0.353 e. The van der Waals surface area contributed by atoms with Crippen LogP contribution in [0.3, 0.4) is 0 Å². The van der Waals surface area contributed by atoms with Gasteiger partial charge in [-0.2, -0.15) is 0 Å². The molecule has 2 fully saturated rings. The first-order valence-corrected chi connectivity index (χ1v) is 10.2. The Morgan fingerprint density at radius 1 is 1.40 bits per heavy atom. The highest BCUT2D eigenvalue weighted by Gasteiger charge is 2.52. The van der Waals surface area contributed by atoms with Crippen LogP contribution in [0.5, 0.6) is 0 Å². The Morgan fingerprint density at radius 2 is 2.16 bits per heavy atom. The Balaban J connectivity index is 1.81. The Morgan fingerprint density at radius 3 is 2.80 bits per heavy atom. The first kappa shape index (κ1) is 18.4. The molecule has 2 heterocycles. The Kier molecular flexibility index (Phi) is 5.79. The van der Waals surface area contributed by atoms with Crippen molar-refractivity contribution in [3.05, 3.63) is 22.4 Å². The van der Waals surface area contributed by atoms with Gasteiger partial charge in [0, 0.05) is 10.9 Å². The molecule has 1 aromatic heterocycles. The second-order valence-corrected chi connectivity index (χ2v) is 8.20. The normalized spacial score (nSPS) is 23.6. The lowest BCUT2D eigenvalue weighted by atomic mass is 9.90. The van der Waals surface area contributed by atoms with Gasteiger partial charge in [0.1, 0.15) is 11.8 Å². The highest BCUT2D eigenvalue weighted by atomic mass is 32.1. The maximum absolute atomic E-state index is 13.1. The Bertz CT molecular complexity index is 596. The molecule has 2 atom stereocenters. The van der Waals surface area contributed by atoms with E-state index in [4.69, 9.17) is 4.74 Å². The van der Waals surface area contributed by atoms with Crippen LogP contribution in [-0.2, 0) is 20.7 Å². The molecule has 138 valence electrons. The summed E-state index contributed by atoms with van der Waals surface area (Å²) < 4.78 is 6.13. The van der Waals surface area contributed by atoms with E-state index in [-0.39, 0.29) is 17.9 Å². The van der Waals surface area contributed by atoms with Crippen molar-refractivity contribution >= 4 is 23.2 Å². The topological polar surface area (TPSA) is 58.6 Å². The molecule has 1 aromatic rings. The SMILES string of the molecule is CC[C@@H](C)NC(=O)[C@H]1COC2(CCCCC2)N1C(=O)Cc1cccs1. The lowest BCUT2D eigenvalue weighted by Gasteiger charge is -2.41. The van der Waals surface area contributed by atoms with Crippen LogP contribution in [0, 0.1) is 0 Å². The van der Waals surface area contributed by atoms with Crippen molar-refractivity contribution in [1.82, 2.24) is 10.2 Å². The molecule has 1 saturated carbocycles. The van der Waals surface area contributed by atoms with Crippen molar-refractivity contribution in [3.8, 4) is 0 Å². The molecule has 1 saturated heterocycles. The predicted molar refractivity (Wildman–Crippen MR) is 98.3 cm³/mol. The van der Waals surface area contributed by atoms with E-state index in [0.717, 1.165) is 37.0 Å². The molecule has 5 nitrogen and oxygen atoms in total. The van der Waals surface area contributed by atoms with Crippen LogP contribution in [0.25, 0.3) is 0 Å². The molecule has 2 aliphatic rings. The molecule has 0 aromatic carbocycles. The van der Waals surface area contributed by atoms with Gasteiger partial charge in [0.05, 0.1) is 13.0 Å². The third-order valence-electron chi connectivity index (χ3n) is 5.37. The Hall–Kier alpha value is -1.40. The summed E-state index contributed by atoms with van der Waals surface area (Å²) in [4.78, 5) is 28.7. The number of nitrogens with one attached hydrogen (secondary N) is 1. The van der Waals surface area contributed by atoms with Crippen LogP contribution in [0.15, 0.2) is 17.5 Å². The summed E-state index contributed by atoms with van der Waals surface area (Å²) >= 11 is 1.58. The quantitative estimate of drug-likeness (QED) is 0.873. The second kappa shape index (κ2) is 7.87.